The van der Waals surface area contributed by atoms with Gasteiger partial charge in [-0.05, 0) is 25.0 Å². The largest absolute Gasteiger partial charge is 0.495 e. The molecule has 4 heterocycles. The van der Waals surface area contributed by atoms with E-state index >= 15 is 0 Å². The van der Waals surface area contributed by atoms with Gasteiger partial charge in [-0.1, -0.05) is 0 Å². The van der Waals surface area contributed by atoms with Gasteiger partial charge in [0, 0.05) is 25.8 Å². The average Bonchev–Trinajstić information content (AvgIpc) is 3.29. The van der Waals surface area contributed by atoms with Crippen LogP contribution in [0, 0.1) is 5.41 Å². The molecule has 2 unspecified atom stereocenters. The Bertz CT molecular complexity index is 1010. The van der Waals surface area contributed by atoms with Crippen LogP contribution >= 0.6 is 11.8 Å². The Morgan fingerprint density at radius 2 is 2.31 bits per heavy atom. The van der Waals surface area contributed by atoms with E-state index in [0.29, 0.717) is 22.4 Å². The summed E-state index contributed by atoms with van der Waals surface area (Å²) in [5, 5.41) is 20.8. The van der Waals surface area contributed by atoms with E-state index in [-0.39, 0.29) is 12.1 Å². The summed E-state index contributed by atoms with van der Waals surface area (Å²) in [4.78, 5) is 10.9. The first kappa shape index (κ1) is 22.3. The van der Waals surface area contributed by atoms with E-state index in [1.54, 1.807) is 25.7 Å². The third-order valence-electron chi connectivity index (χ3n) is 5.45. The van der Waals surface area contributed by atoms with Gasteiger partial charge < -0.3 is 19.7 Å². The van der Waals surface area contributed by atoms with Gasteiger partial charge >= 0.3 is 0 Å². The molecule has 0 aliphatic carbocycles. The number of rotatable bonds is 6. The SMILES string of the molecule is COc1cncc(NC2=CC3C(=CC=C([NH2+]C(=N)SC(=[NH2+])CC4CCCO4)N3C)N=C2)c1. The first-order valence-electron chi connectivity index (χ1n) is 10.5. The number of ether oxygens (including phenoxy) is 2. The summed E-state index contributed by atoms with van der Waals surface area (Å²) in [5.74, 6) is 1.61. The first-order valence-corrected chi connectivity index (χ1v) is 11.3. The van der Waals surface area contributed by atoms with E-state index in [1.807, 2.05) is 30.6 Å². The zero-order valence-corrected chi connectivity index (χ0v) is 19.1. The van der Waals surface area contributed by atoms with Crippen LogP contribution in [-0.2, 0) is 4.74 Å². The number of pyridine rings is 1. The molecule has 0 spiro atoms. The first-order chi connectivity index (χ1) is 15.5. The number of nitrogens with zero attached hydrogens (tertiary/aromatic N) is 3. The minimum absolute atomic E-state index is 0.0386. The molecule has 1 aromatic rings. The minimum atomic E-state index is -0.0386. The lowest BCUT2D eigenvalue weighted by Crippen LogP contribution is -2.88. The Balaban J connectivity index is 1.37. The van der Waals surface area contributed by atoms with E-state index < -0.39 is 0 Å². The highest BCUT2D eigenvalue weighted by molar-refractivity contribution is 8.25. The van der Waals surface area contributed by atoms with Gasteiger partial charge in [0.15, 0.2) is 0 Å². The second-order valence-electron chi connectivity index (χ2n) is 7.77. The van der Waals surface area contributed by atoms with Crippen molar-refractivity contribution >= 4 is 33.9 Å². The topological polar surface area (TPSA) is 125 Å². The molecule has 9 nitrogen and oxygen atoms in total. The average molecular weight is 456 g/mol. The van der Waals surface area contributed by atoms with Gasteiger partial charge in [-0.25, -0.2) is 10.7 Å². The lowest BCUT2D eigenvalue weighted by atomic mass is 10.1. The van der Waals surface area contributed by atoms with E-state index in [9.17, 15) is 0 Å². The van der Waals surface area contributed by atoms with Crippen LogP contribution < -0.4 is 20.8 Å². The van der Waals surface area contributed by atoms with Crippen molar-refractivity contribution in [2.24, 2.45) is 4.99 Å². The standard InChI is InChI=1S/C22H27N7O2S/c1-29-19-9-15(27-14-8-17(30-2)13-25-11-14)12-26-18(19)5-6-21(29)28-22(24)32-20(23)10-16-4-3-7-31-16/h5-6,8-9,11-13,16,19,23,27H,3-4,7,10H2,1-2H3,(H2,24,28)/p+2. The summed E-state index contributed by atoms with van der Waals surface area (Å²) >= 11 is 1.30. The number of nitrogens with one attached hydrogen (secondary N) is 2. The number of fused-ring (bicyclic) bond motifs is 1. The third-order valence-corrected chi connectivity index (χ3v) is 6.22. The van der Waals surface area contributed by atoms with Gasteiger partial charge in [-0.2, -0.15) is 0 Å². The Morgan fingerprint density at radius 1 is 1.44 bits per heavy atom. The monoisotopic (exact) mass is 455 g/mol. The van der Waals surface area contributed by atoms with Crippen molar-refractivity contribution in [2.45, 2.75) is 31.4 Å². The van der Waals surface area contributed by atoms with Gasteiger partial charge in [0.25, 0.3) is 5.17 Å². The molecule has 0 amide bonds. The molecular formula is C22H29N7O2S+2. The number of hydrogen-bond acceptors (Lipinski definition) is 8. The summed E-state index contributed by atoms with van der Waals surface area (Å²) in [6.45, 7) is 0.807. The van der Waals surface area contributed by atoms with E-state index in [1.165, 1.54) is 11.8 Å². The molecule has 1 aromatic heterocycles. The van der Waals surface area contributed by atoms with Crippen molar-refractivity contribution in [2.75, 3.05) is 26.1 Å². The number of allylic oxidation sites excluding steroid dienone is 3. The van der Waals surface area contributed by atoms with Crippen LogP contribution in [0.25, 0.3) is 0 Å². The molecule has 1 saturated heterocycles. The Hall–Kier alpha value is -2.95. The van der Waals surface area contributed by atoms with Crippen LogP contribution in [0.4, 0.5) is 5.69 Å². The molecule has 168 valence electrons. The van der Waals surface area contributed by atoms with Crippen molar-refractivity contribution < 1.29 is 20.2 Å². The fourth-order valence-corrected chi connectivity index (χ4v) is 4.52. The van der Waals surface area contributed by atoms with Crippen LogP contribution in [-0.4, -0.2) is 59.2 Å². The Labute approximate surface area is 191 Å². The van der Waals surface area contributed by atoms with Gasteiger partial charge in [-0.3, -0.25) is 15.4 Å². The van der Waals surface area contributed by atoms with E-state index in [4.69, 9.17) is 20.3 Å². The molecule has 3 aliphatic heterocycles. The van der Waals surface area contributed by atoms with Crippen molar-refractivity contribution in [1.29, 1.82) is 5.41 Å². The number of dihydropyridines is 1. The van der Waals surface area contributed by atoms with E-state index in [0.717, 1.165) is 42.4 Å². The smallest absolute Gasteiger partial charge is 0.269 e. The lowest BCUT2D eigenvalue weighted by molar-refractivity contribution is -0.499. The van der Waals surface area contributed by atoms with Crippen LogP contribution in [0.3, 0.4) is 0 Å². The van der Waals surface area contributed by atoms with Crippen molar-refractivity contribution in [3.8, 4) is 5.75 Å². The number of hydrogen-bond donors (Lipinski definition) is 4. The number of aromatic nitrogens is 1. The van der Waals surface area contributed by atoms with Gasteiger partial charge in [0.2, 0.25) is 10.9 Å². The quantitative estimate of drug-likeness (QED) is 0.365. The normalized spacial score (nSPS) is 21.9. The molecule has 0 radical (unpaired) electrons. The van der Waals surface area contributed by atoms with Crippen LogP contribution in [0.15, 0.2) is 58.9 Å². The van der Waals surface area contributed by atoms with Crippen LogP contribution in [0.1, 0.15) is 19.3 Å². The highest BCUT2D eigenvalue weighted by Crippen LogP contribution is 2.25. The highest BCUT2D eigenvalue weighted by Gasteiger charge is 2.29. The maximum atomic E-state index is 8.38. The summed E-state index contributed by atoms with van der Waals surface area (Å²) in [5.41, 5.74) is 2.64. The molecule has 0 aromatic carbocycles. The summed E-state index contributed by atoms with van der Waals surface area (Å²) in [6, 6.07) is 1.84. The second kappa shape index (κ2) is 10.1. The van der Waals surface area contributed by atoms with Crippen LogP contribution in [0.5, 0.6) is 5.75 Å². The fraction of sp³-hybridized carbons (Fsp3) is 0.364. The molecule has 0 saturated carbocycles. The molecule has 10 heteroatoms. The van der Waals surface area contributed by atoms with Crippen molar-refractivity contribution in [3.63, 3.8) is 0 Å². The fourth-order valence-electron chi connectivity index (χ4n) is 3.79. The van der Waals surface area contributed by atoms with Gasteiger partial charge in [0.1, 0.15) is 5.75 Å². The molecule has 3 aliphatic rings. The Kier molecular flexibility index (Phi) is 7.03. The number of aliphatic imine (C=N–C) groups is 1. The van der Waals surface area contributed by atoms with Crippen molar-refractivity contribution in [1.82, 2.24) is 9.88 Å². The third kappa shape index (κ3) is 5.45. The Morgan fingerprint density at radius 3 is 3.09 bits per heavy atom. The molecular weight excluding hydrogens is 426 g/mol. The van der Waals surface area contributed by atoms with E-state index in [2.05, 4.69) is 26.3 Å². The highest BCUT2D eigenvalue weighted by atomic mass is 32.2. The summed E-state index contributed by atoms with van der Waals surface area (Å²) in [7, 11) is 3.61. The number of methoxy groups -OCH3 is 1. The number of likely N-dealkylation sites (N-methyl/N-ethyl adjacent to an activating group) is 1. The number of thioether (sulfide) groups is 1. The predicted octanol–water partition coefficient (Wildman–Crippen LogP) is 0.468. The maximum absolute atomic E-state index is 8.38. The molecule has 1 fully saturated rings. The number of anilines is 1. The maximum Gasteiger partial charge on any atom is 0.269 e. The number of amidine groups is 1. The lowest BCUT2D eigenvalue weighted by Gasteiger charge is -2.32. The van der Waals surface area contributed by atoms with Gasteiger partial charge in [-0.15, -0.1) is 0 Å². The molecule has 6 N–H and O–H groups in total. The molecule has 2 atom stereocenters. The summed E-state index contributed by atoms with van der Waals surface area (Å²) < 4.78 is 10.9. The molecule has 0 bridgehead atoms. The zero-order chi connectivity index (χ0) is 22.5. The zero-order valence-electron chi connectivity index (χ0n) is 18.2. The van der Waals surface area contributed by atoms with Gasteiger partial charge in [0.05, 0.1) is 73.1 Å². The van der Waals surface area contributed by atoms with Crippen LogP contribution in [0.2, 0.25) is 0 Å². The molecule has 4 rings (SSSR count). The predicted molar refractivity (Wildman–Crippen MR) is 126 cm³/mol. The number of quaternary nitrogens is 1. The second-order valence-corrected chi connectivity index (χ2v) is 8.94. The van der Waals surface area contributed by atoms with Crippen molar-refractivity contribution in [3.05, 3.63) is 53.9 Å². The molecule has 32 heavy (non-hydrogen) atoms. The number of nitrogens with two attached hydrogens (primary N) is 2. The summed E-state index contributed by atoms with van der Waals surface area (Å²) in [6.07, 6.45) is 14.3. The minimum Gasteiger partial charge on any atom is -0.495 e.